The molecule has 6 nitrogen and oxygen atoms in total. The molecule has 0 N–H and O–H groups in total. The third-order valence-corrected chi connectivity index (χ3v) is 4.71. The van der Waals surface area contributed by atoms with E-state index < -0.39 is 0 Å². The van der Waals surface area contributed by atoms with Crippen LogP contribution in [0.1, 0.15) is 29.6 Å². The number of pyridine rings is 1. The number of aromatic nitrogens is 1. The highest BCUT2D eigenvalue weighted by atomic mass is 16.5. The second kappa shape index (κ2) is 7.27. The van der Waals surface area contributed by atoms with Gasteiger partial charge >= 0.3 is 0 Å². The summed E-state index contributed by atoms with van der Waals surface area (Å²) in [6.45, 7) is 3.39. The summed E-state index contributed by atoms with van der Waals surface area (Å²) in [5.41, 5.74) is 0.635. The summed E-state index contributed by atoms with van der Waals surface area (Å²) in [5, 5.41) is 0. The van der Waals surface area contributed by atoms with Gasteiger partial charge in [0.2, 0.25) is 5.88 Å². The Bertz CT molecular complexity index is 538. The summed E-state index contributed by atoms with van der Waals surface area (Å²) >= 11 is 0. The zero-order valence-electron chi connectivity index (χ0n) is 13.9. The van der Waals surface area contributed by atoms with E-state index in [-0.39, 0.29) is 12.0 Å². The minimum Gasteiger partial charge on any atom is -0.472 e. The molecule has 126 valence electrons. The summed E-state index contributed by atoms with van der Waals surface area (Å²) in [6, 6.07) is 3.80. The van der Waals surface area contributed by atoms with Gasteiger partial charge in [-0.3, -0.25) is 4.79 Å². The van der Waals surface area contributed by atoms with Crippen molar-refractivity contribution in [2.75, 3.05) is 40.4 Å². The average Bonchev–Trinajstić information content (AvgIpc) is 3.07. The van der Waals surface area contributed by atoms with Crippen LogP contribution in [0.15, 0.2) is 18.3 Å². The van der Waals surface area contributed by atoms with E-state index in [1.807, 2.05) is 11.9 Å². The summed E-state index contributed by atoms with van der Waals surface area (Å²) in [5.74, 6) is 0.539. The number of piperidine rings is 1. The molecule has 1 atom stereocenters. The Morgan fingerprint density at radius 3 is 2.87 bits per heavy atom. The molecule has 0 aliphatic carbocycles. The molecular weight excluding hydrogens is 294 g/mol. The van der Waals surface area contributed by atoms with Crippen LogP contribution in [-0.2, 0) is 4.74 Å². The summed E-state index contributed by atoms with van der Waals surface area (Å²) in [6.07, 6.45) is 4.59. The quantitative estimate of drug-likeness (QED) is 0.840. The molecule has 6 heteroatoms. The van der Waals surface area contributed by atoms with Crippen molar-refractivity contribution >= 4 is 5.91 Å². The number of carbonyl (C=O) groups excluding carboxylic acids is 1. The molecule has 3 heterocycles. The first-order chi connectivity index (χ1) is 11.1. The number of ether oxygens (including phenoxy) is 2. The van der Waals surface area contributed by atoms with E-state index in [2.05, 4.69) is 16.9 Å². The number of nitrogens with zero attached hydrogens (tertiary/aromatic N) is 3. The number of hydrogen-bond acceptors (Lipinski definition) is 5. The van der Waals surface area contributed by atoms with E-state index in [1.54, 1.807) is 18.3 Å². The van der Waals surface area contributed by atoms with E-state index in [9.17, 15) is 4.79 Å². The second-order valence-electron chi connectivity index (χ2n) is 6.44. The molecule has 2 fully saturated rings. The molecule has 0 spiro atoms. The molecule has 0 saturated carbocycles. The first kappa shape index (κ1) is 16.2. The van der Waals surface area contributed by atoms with E-state index in [1.165, 1.54) is 0 Å². The summed E-state index contributed by atoms with van der Waals surface area (Å²) < 4.78 is 11.1. The molecule has 0 radical (unpaired) electrons. The van der Waals surface area contributed by atoms with Gasteiger partial charge in [-0.2, -0.15) is 0 Å². The van der Waals surface area contributed by atoms with E-state index >= 15 is 0 Å². The molecule has 2 saturated heterocycles. The highest BCUT2D eigenvalue weighted by molar-refractivity contribution is 5.94. The lowest BCUT2D eigenvalue weighted by Crippen LogP contribution is -2.44. The maximum absolute atomic E-state index is 12.7. The minimum absolute atomic E-state index is 0.0366. The molecule has 1 aromatic heterocycles. The predicted octanol–water partition coefficient (Wildman–Crippen LogP) is 1.42. The fraction of sp³-hybridized carbons (Fsp3) is 0.647. The van der Waals surface area contributed by atoms with Gasteiger partial charge in [-0.1, -0.05) is 0 Å². The zero-order valence-corrected chi connectivity index (χ0v) is 13.9. The third kappa shape index (κ3) is 4.00. The van der Waals surface area contributed by atoms with Crippen molar-refractivity contribution in [3.63, 3.8) is 0 Å². The van der Waals surface area contributed by atoms with Gasteiger partial charge in [-0.05, 0) is 39.0 Å². The lowest BCUT2D eigenvalue weighted by atomic mass is 10.0. The maximum atomic E-state index is 12.7. The molecule has 3 rings (SSSR count). The maximum Gasteiger partial charge on any atom is 0.254 e. The smallest absolute Gasteiger partial charge is 0.254 e. The predicted molar refractivity (Wildman–Crippen MR) is 86.7 cm³/mol. The number of likely N-dealkylation sites (tertiary alicyclic amines) is 1. The molecule has 2 aliphatic rings. The van der Waals surface area contributed by atoms with Crippen LogP contribution >= 0.6 is 0 Å². The van der Waals surface area contributed by atoms with Crippen molar-refractivity contribution < 1.29 is 14.3 Å². The Morgan fingerprint density at radius 1 is 1.39 bits per heavy atom. The molecular formula is C17H25N3O3. The van der Waals surface area contributed by atoms with Crippen LogP contribution in [0.2, 0.25) is 0 Å². The van der Waals surface area contributed by atoms with Crippen LogP contribution in [0.25, 0.3) is 0 Å². The monoisotopic (exact) mass is 319 g/mol. The van der Waals surface area contributed by atoms with Crippen LogP contribution in [0.3, 0.4) is 0 Å². The third-order valence-electron chi connectivity index (χ3n) is 4.71. The highest BCUT2D eigenvalue weighted by Crippen LogP contribution is 2.19. The topological polar surface area (TPSA) is 54.9 Å². The Hall–Kier alpha value is -1.66. The highest BCUT2D eigenvalue weighted by Gasteiger charge is 2.25. The van der Waals surface area contributed by atoms with Crippen molar-refractivity contribution in [3.05, 3.63) is 23.9 Å². The van der Waals surface area contributed by atoms with Crippen molar-refractivity contribution in [1.29, 1.82) is 0 Å². The lowest BCUT2D eigenvalue weighted by Gasteiger charge is -2.35. The fourth-order valence-electron chi connectivity index (χ4n) is 3.14. The van der Waals surface area contributed by atoms with Gasteiger partial charge in [0.15, 0.2) is 0 Å². The fourth-order valence-corrected chi connectivity index (χ4v) is 3.14. The van der Waals surface area contributed by atoms with Crippen LogP contribution < -0.4 is 4.74 Å². The largest absolute Gasteiger partial charge is 0.472 e. The normalized spacial score (nSPS) is 23.0. The number of amides is 1. The van der Waals surface area contributed by atoms with Crippen LogP contribution in [0, 0.1) is 0 Å². The average molecular weight is 319 g/mol. The molecule has 1 unspecified atom stereocenters. The Balaban J connectivity index is 1.64. The van der Waals surface area contributed by atoms with E-state index in [0.717, 1.165) is 39.0 Å². The first-order valence-corrected chi connectivity index (χ1v) is 8.29. The van der Waals surface area contributed by atoms with Crippen molar-refractivity contribution in [2.45, 2.75) is 31.4 Å². The van der Waals surface area contributed by atoms with Crippen LogP contribution in [0.5, 0.6) is 5.88 Å². The van der Waals surface area contributed by atoms with Gasteiger partial charge in [-0.25, -0.2) is 4.98 Å². The summed E-state index contributed by atoms with van der Waals surface area (Å²) in [4.78, 5) is 21.1. The zero-order chi connectivity index (χ0) is 16.2. The summed E-state index contributed by atoms with van der Waals surface area (Å²) in [7, 11) is 4.02. The lowest BCUT2D eigenvalue weighted by molar-refractivity contribution is 0.0658. The molecule has 0 aromatic carbocycles. The number of rotatable bonds is 4. The number of hydrogen-bond donors (Lipinski definition) is 0. The van der Waals surface area contributed by atoms with Crippen molar-refractivity contribution in [3.8, 4) is 5.88 Å². The molecule has 1 aromatic rings. The minimum atomic E-state index is 0.0366. The molecule has 1 amide bonds. The van der Waals surface area contributed by atoms with Gasteiger partial charge in [0.05, 0.1) is 13.2 Å². The van der Waals surface area contributed by atoms with E-state index in [4.69, 9.17) is 9.47 Å². The van der Waals surface area contributed by atoms with Gasteiger partial charge in [0, 0.05) is 37.3 Å². The Kier molecular flexibility index (Phi) is 5.13. The molecule has 0 bridgehead atoms. The SMILES string of the molecule is CN1CCC(N(C)C(=O)c2ccnc(OC3CCOC3)c2)CC1. The molecule has 23 heavy (non-hydrogen) atoms. The van der Waals surface area contributed by atoms with Crippen molar-refractivity contribution in [2.24, 2.45) is 0 Å². The van der Waals surface area contributed by atoms with Gasteiger partial charge in [-0.15, -0.1) is 0 Å². The Labute approximate surface area is 137 Å². The van der Waals surface area contributed by atoms with Crippen LogP contribution in [-0.4, -0.2) is 73.2 Å². The first-order valence-electron chi connectivity index (χ1n) is 8.29. The molecule has 2 aliphatic heterocycles. The number of carbonyl (C=O) groups is 1. The van der Waals surface area contributed by atoms with Crippen LogP contribution in [0.4, 0.5) is 0 Å². The Morgan fingerprint density at radius 2 is 2.17 bits per heavy atom. The van der Waals surface area contributed by atoms with Crippen molar-refractivity contribution in [1.82, 2.24) is 14.8 Å². The van der Waals surface area contributed by atoms with Gasteiger partial charge < -0.3 is 19.3 Å². The van der Waals surface area contributed by atoms with E-state index in [0.29, 0.717) is 24.1 Å². The van der Waals surface area contributed by atoms with Gasteiger partial charge in [0.1, 0.15) is 6.10 Å². The standard InChI is InChI=1S/C17H25N3O3/c1-19-8-4-14(5-9-19)20(2)17(21)13-3-7-18-16(11-13)23-15-6-10-22-12-15/h3,7,11,14-15H,4-6,8-10,12H2,1-2H3. The van der Waals surface area contributed by atoms with Gasteiger partial charge in [0.25, 0.3) is 5.91 Å². The second-order valence-corrected chi connectivity index (χ2v) is 6.44.